The Bertz CT molecular complexity index is 529. The van der Waals surface area contributed by atoms with Gasteiger partial charge in [0.15, 0.2) is 0 Å². The molecule has 1 amide bonds. The summed E-state index contributed by atoms with van der Waals surface area (Å²) in [6.45, 7) is 3.85. The highest BCUT2D eigenvalue weighted by Crippen LogP contribution is 2.19. The molecule has 0 atom stereocenters. The van der Waals surface area contributed by atoms with E-state index in [1.165, 1.54) is 0 Å². The Hall–Kier alpha value is -2.16. The summed E-state index contributed by atoms with van der Waals surface area (Å²) in [5.74, 6) is 0.0243. The van der Waals surface area contributed by atoms with Crippen molar-refractivity contribution in [2.75, 3.05) is 5.32 Å². The van der Waals surface area contributed by atoms with Crippen LogP contribution in [0.15, 0.2) is 42.6 Å². The van der Waals surface area contributed by atoms with Gasteiger partial charge in [-0.05, 0) is 30.7 Å². The summed E-state index contributed by atoms with van der Waals surface area (Å²) in [5, 5.41) is 2.82. The number of amides is 1. The van der Waals surface area contributed by atoms with Crippen molar-refractivity contribution in [1.82, 2.24) is 4.98 Å². The molecule has 0 radical (unpaired) electrons. The molecule has 3 heteroatoms. The minimum absolute atomic E-state index is 0.0243. The van der Waals surface area contributed by atoms with E-state index in [0.717, 1.165) is 22.5 Å². The molecule has 1 aromatic heterocycles. The molecule has 1 aromatic carbocycles. The number of aryl methyl sites for hydroxylation is 1. The van der Waals surface area contributed by atoms with E-state index in [1.54, 1.807) is 0 Å². The van der Waals surface area contributed by atoms with Crippen LogP contribution < -0.4 is 5.32 Å². The molecule has 2 aromatic rings. The van der Waals surface area contributed by atoms with Crippen LogP contribution in [0.5, 0.6) is 0 Å². The van der Waals surface area contributed by atoms with Gasteiger partial charge in [-0.1, -0.05) is 25.1 Å². The second kappa shape index (κ2) is 5.45. The van der Waals surface area contributed by atoms with Gasteiger partial charge in [0.25, 0.3) is 0 Å². The molecule has 3 nitrogen and oxygen atoms in total. The minimum Gasteiger partial charge on any atom is -0.326 e. The quantitative estimate of drug-likeness (QED) is 0.893. The molecule has 0 aliphatic carbocycles. The van der Waals surface area contributed by atoms with Crippen LogP contribution in [0.4, 0.5) is 5.69 Å². The molecule has 0 unspecified atom stereocenters. The third-order valence-corrected chi connectivity index (χ3v) is 2.70. The second-order valence-electron chi connectivity index (χ2n) is 4.20. The summed E-state index contributed by atoms with van der Waals surface area (Å²) in [6, 6.07) is 11.7. The van der Waals surface area contributed by atoms with E-state index in [-0.39, 0.29) is 5.91 Å². The number of aromatic nitrogens is 1. The molecule has 18 heavy (non-hydrogen) atoms. The first-order valence-electron chi connectivity index (χ1n) is 6.02. The van der Waals surface area contributed by atoms with Gasteiger partial charge in [-0.25, -0.2) is 0 Å². The molecule has 0 aliphatic rings. The van der Waals surface area contributed by atoms with Crippen LogP contribution in [0.3, 0.4) is 0 Å². The molecule has 0 fully saturated rings. The monoisotopic (exact) mass is 240 g/mol. The SMILES string of the molecule is CCC(=O)Nc1ccc(-c2ccc(C)cn2)cc1. The van der Waals surface area contributed by atoms with Crippen LogP contribution in [0, 0.1) is 6.92 Å². The highest BCUT2D eigenvalue weighted by molar-refractivity contribution is 5.90. The maximum absolute atomic E-state index is 11.3. The number of nitrogens with zero attached hydrogens (tertiary/aromatic N) is 1. The number of hydrogen-bond donors (Lipinski definition) is 1. The van der Waals surface area contributed by atoms with Gasteiger partial charge in [0, 0.05) is 23.9 Å². The molecular weight excluding hydrogens is 224 g/mol. The summed E-state index contributed by atoms with van der Waals surface area (Å²) in [7, 11) is 0. The molecular formula is C15H16N2O. The number of rotatable bonds is 3. The van der Waals surface area contributed by atoms with Crippen molar-refractivity contribution in [2.24, 2.45) is 0 Å². The van der Waals surface area contributed by atoms with Crippen LogP contribution in [0.2, 0.25) is 0 Å². The zero-order valence-corrected chi connectivity index (χ0v) is 10.6. The van der Waals surface area contributed by atoms with E-state index in [1.807, 2.05) is 56.4 Å². The van der Waals surface area contributed by atoms with Crippen molar-refractivity contribution >= 4 is 11.6 Å². The molecule has 0 bridgehead atoms. The minimum atomic E-state index is 0.0243. The van der Waals surface area contributed by atoms with Crippen LogP contribution >= 0.6 is 0 Å². The molecule has 0 saturated carbocycles. The lowest BCUT2D eigenvalue weighted by Crippen LogP contribution is -2.09. The first-order valence-corrected chi connectivity index (χ1v) is 6.02. The average molecular weight is 240 g/mol. The van der Waals surface area contributed by atoms with E-state index in [9.17, 15) is 4.79 Å². The van der Waals surface area contributed by atoms with E-state index < -0.39 is 0 Å². The van der Waals surface area contributed by atoms with E-state index >= 15 is 0 Å². The fraction of sp³-hybridized carbons (Fsp3) is 0.200. The standard InChI is InChI=1S/C15H16N2O/c1-3-15(18)17-13-7-5-12(6-8-13)14-9-4-11(2)10-16-14/h4-10H,3H2,1-2H3,(H,17,18). The van der Waals surface area contributed by atoms with Gasteiger partial charge in [0.2, 0.25) is 5.91 Å². The predicted molar refractivity (Wildman–Crippen MR) is 73.3 cm³/mol. The lowest BCUT2D eigenvalue weighted by atomic mass is 10.1. The largest absolute Gasteiger partial charge is 0.326 e. The number of anilines is 1. The molecule has 2 rings (SSSR count). The summed E-state index contributed by atoms with van der Waals surface area (Å²) in [4.78, 5) is 15.6. The normalized spacial score (nSPS) is 10.1. The number of hydrogen-bond acceptors (Lipinski definition) is 2. The summed E-state index contributed by atoms with van der Waals surface area (Å²) >= 11 is 0. The Labute approximate surface area is 107 Å². The summed E-state index contributed by atoms with van der Waals surface area (Å²) < 4.78 is 0. The van der Waals surface area contributed by atoms with Crippen LogP contribution in [-0.2, 0) is 4.79 Å². The van der Waals surface area contributed by atoms with Gasteiger partial charge in [-0.3, -0.25) is 9.78 Å². The van der Waals surface area contributed by atoms with Crippen molar-refractivity contribution < 1.29 is 4.79 Å². The molecule has 92 valence electrons. The number of carbonyl (C=O) groups is 1. The third-order valence-electron chi connectivity index (χ3n) is 2.70. The number of carbonyl (C=O) groups excluding carboxylic acids is 1. The van der Waals surface area contributed by atoms with Gasteiger partial charge in [-0.15, -0.1) is 0 Å². The van der Waals surface area contributed by atoms with Crippen LogP contribution in [0.25, 0.3) is 11.3 Å². The fourth-order valence-electron chi connectivity index (χ4n) is 1.61. The Morgan fingerprint density at radius 3 is 2.44 bits per heavy atom. The zero-order valence-electron chi connectivity index (χ0n) is 10.6. The van der Waals surface area contributed by atoms with Gasteiger partial charge in [0.05, 0.1) is 5.69 Å². The van der Waals surface area contributed by atoms with Crippen molar-refractivity contribution in [3.63, 3.8) is 0 Å². The van der Waals surface area contributed by atoms with Crippen molar-refractivity contribution in [1.29, 1.82) is 0 Å². The molecule has 0 saturated heterocycles. The predicted octanol–water partition coefficient (Wildman–Crippen LogP) is 3.41. The highest BCUT2D eigenvalue weighted by atomic mass is 16.1. The fourth-order valence-corrected chi connectivity index (χ4v) is 1.61. The van der Waals surface area contributed by atoms with E-state index in [4.69, 9.17) is 0 Å². The maximum atomic E-state index is 11.3. The zero-order chi connectivity index (χ0) is 13.0. The number of pyridine rings is 1. The summed E-state index contributed by atoms with van der Waals surface area (Å²) in [5.41, 5.74) is 3.95. The third kappa shape index (κ3) is 2.94. The van der Waals surface area contributed by atoms with Gasteiger partial charge < -0.3 is 5.32 Å². The second-order valence-corrected chi connectivity index (χ2v) is 4.20. The number of benzene rings is 1. The molecule has 1 heterocycles. The van der Waals surface area contributed by atoms with Gasteiger partial charge in [0.1, 0.15) is 0 Å². The Balaban J connectivity index is 2.17. The lowest BCUT2D eigenvalue weighted by Gasteiger charge is -2.05. The van der Waals surface area contributed by atoms with Crippen LogP contribution in [0.1, 0.15) is 18.9 Å². The van der Waals surface area contributed by atoms with Crippen molar-refractivity contribution in [2.45, 2.75) is 20.3 Å². The topological polar surface area (TPSA) is 42.0 Å². The first-order chi connectivity index (χ1) is 8.69. The maximum Gasteiger partial charge on any atom is 0.224 e. The smallest absolute Gasteiger partial charge is 0.224 e. The molecule has 0 aliphatic heterocycles. The highest BCUT2D eigenvalue weighted by Gasteiger charge is 2.01. The number of nitrogens with one attached hydrogen (secondary N) is 1. The molecule has 1 N–H and O–H groups in total. The van der Waals surface area contributed by atoms with Gasteiger partial charge >= 0.3 is 0 Å². The van der Waals surface area contributed by atoms with Gasteiger partial charge in [-0.2, -0.15) is 0 Å². The lowest BCUT2D eigenvalue weighted by molar-refractivity contribution is -0.115. The van der Waals surface area contributed by atoms with E-state index in [0.29, 0.717) is 6.42 Å². The summed E-state index contributed by atoms with van der Waals surface area (Å²) in [6.07, 6.45) is 2.34. The van der Waals surface area contributed by atoms with Crippen molar-refractivity contribution in [3.05, 3.63) is 48.2 Å². The Kier molecular flexibility index (Phi) is 3.72. The Morgan fingerprint density at radius 2 is 1.89 bits per heavy atom. The first kappa shape index (κ1) is 12.3. The van der Waals surface area contributed by atoms with Crippen molar-refractivity contribution in [3.8, 4) is 11.3 Å². The molecule has 0 spiro atoms. The Morgan fingerprint density at radius 1 is 1.17 bits per heavy atom. The van der Waals surface area contributed by atoms with Crippen LogP contribution in [-0.4, -0.2) is 10.9 Å². The van der Waals surface area contributed by atoms with E-state index in [2.05, 4.69) is 10.3 Å². The average Bonchev–Trinajstić information content (AvgIpc) is 2.40.